The van der Waals surface area contributed by atoms with Crippen molar-refractivity contribution in [3.05, 3.63) is 53.1 Å². The van der Waals surface area contributed by atoms with Gasteiger partial charge in [-0.1, -0.05) is 29.8 Å². The number of carboxylic acid groups (broad SMARTS) is 2. The molecule has 0 aromatic heterocycles. The SMILES string of the molecule is COc1cc(CN2CCN(Cc3ccc(C)cc3)CC2)cc2c1OCO2.O=C(O)C(=O)O. The topological polar surface area (TPSA) is 109 Å². The summed E-state index contributed by atoms with van der Waals surface area (Å²) in [7, 11) is 1.67. The van der Waals surface area contributed by atoms with Crippen LogP contribution in [0.2, 0.25) is 0 Å². The first-order chi connectivity index (χ1) is 15.4. The van der Waals surface area contributed by atoms with Crippen molar-refractivity contribution in [3.63, 3.8) is 0 Å². The van der Waals surface area contributed by atoms with Gasteiger partial charge in [-0.3, -0.25) is 9.80 Å². The highest BCUT2D eigenvalue weighted by atomic mass is 16.7. The second-order valence-corrected chi connectivity index (χ2v) is 7.68. The molecule has 2 heterocycles. The number of rotatable bonds is 5. The Morgan fingerprint density at radius 3 is 2.00 bits per heavy atom. The minimum Gasteiger partial charge on any atom is -0.493 e. The largest absolute Gasteiger partial charge is 0.493 e. The molecule has 0 atom stereocenters. The van der Waals surface area contributed by atoms with Gasteiger partial charge in [0.05, 0.1) is 7.11 Å². The fraction of sp³-hybridized carbons (Fsp3) is 0.391. The number of benzene rings is 2. The Kier molecular flexibility index (Phi) is 7.91. The smallest absolute Gasteiger partial charge is 0.414 e. The van der Waals surface area contributed by atoms with Gasteiger partial charge < -0.3 is 24.4 Å². The number of methoxy groups -OCH3 is 1. The van der Waals surface area contributed by atoms with E-state index in [4.69, 9.17) is 34.0 Å². The maximum Gasteiger partial charge on any atom is 0.414 e. The minimum atomic E-state index is -1.82. The quantitative estimate of drug-likeness (QED) is 0.671. The Hall–Kier alpha value is -3.30. The molecule has 2 aromatic rings. The summed E-state index contributed by atoms with van der Waals surface area (Å²) in [6.07, 6.45) is 0. The summed E-state index contributed by atoms with van der Waals surface area (Å²) in [5.74, 6) is -1.38. The summed E-state index contributed by atoms with van der Waals surface area (Å²) < 4.78 is 16.5. The Balaban J connectivity index is 0.000000427. The second kappa shape index (κ2) is 10.8. The lowest BCUT2D eigenvalue weighted by Crippen LogP contribution is -2.45. The molecule has 0 amide bonds. The van der Waals surface area contributed by atoms with E-state index in [9.17, 15) is 0 Å². The number of carbonyl (C=O) groups is 2. The van der Waals surface area contributed by atoms with Crippen molar-refractivity contribution in [1.82, 2.24) is 9.80 Å². The number of aliphatic carboxylic acids is 2. The van der Waals surface area contributed by atoms with Crippen molar-refractivity contribution in [2.24, 2.45) is 0 Å². The molecule has 1 saturated heterocycles. The second-order valence-electron chi connectivity index (χ2n) is 7.68. The van der Waals surface area contributed by atoms with Gasteiger partial charge in [-0.15, -0.1) is 0 Å². The number of carboxylic acids is 2. The van der Waals surface area contributed by atoms with Crippen molar-refractivity contribution in [2.75, 3.05) is 40.1 Å². The first kappa shape index (κ1) is 23.4. The molecule has 32 heavy (non-hydrogen) atoms. The zero-order valence-corrected chi connectivity index (χ0v) is 18.2. The fourth-order valence-corrected chi connectivity index (χ4v) is 3.59. The third-order valence-electron chi connectivity index (χ3n) is 5.30. The van der Waals surface area contributed by atoms with E-state index in [-0.39, 0.29) is 6.79 Å². The van der Waals surface area contributed by atoms with E-state index in [0.717, 1.165) is 56.5 Å². The molecule has 0 bridgehead atoms. The number of fused-ring (bicyclic) bond motifs is 1. The molecule has 9 heteroatoms. The molecule has 1 fully saturated rings. The monoisotopic (exact) mass is 444 g/mol. The molecule has 0 radical (unpaired) electrons. The van der Waals surface area contributed by atoms with Gasteiger partial charge in [0, 0.05) is 39.3 Å². The normalized spacial score (nSPS) is 15.6. The van der Waals surface area contributed by atoms with Crippen molar-refractivity contribution < 1.29 is 34.0 Å². The van der Waals surface area contributed by atoms with Crippen LogP contribution in [-0.4, -0.2) is 72.0 Å². The molecule has 0 saturated carbocycles. The van der Waals surface area contributed by atoms with Crippen LogP contribution in [0.15, 0.2) is 36.4 Å². The number of aryl methyl sites for hydroxylation is 1. The Labute approximate surface area is 186 Å². The molecule has 172 valence electrons. The Morgan fingerprint density at radius 2 is 1.47 bits per heavy atom. The molecule has 2 N–H and O–H groups in total. The lowest BCUT2D eigenvalue weighted by atomic mass is 10.1. The van der Waals surface area contributed by atoms with Gasteiger partial charge in [-0.2, -0.15) is 0 Å². The van der Waals surface area contributed by atoms with Crippen LogP contribution in [0.4, 0.5) is 0 Å². The zero-order valence-electron chi connectivity index (χ0n) is 18.2. The van der Waals surface area contributed by atoms with Crippen molar-refractivity contribution in [2.45, 2.75) is 20.0 Å². The maximum atomic E-state index is 9.10. The van der Waals surface area contributed by atoms with Gasteiger partial charge in [0.2, 0.25) is 12.5 Å². The van der Waals surface area contributed by atoms with Crippen LogP contribution in [0.1, 0.15) is 16.7 Å². The lowest BCUT2D eigenvalue weighted by molar-refractivity contribution is -0.159. The summed E-state index contributed by atoms with van der Waals surface area (Å²) in [5.41, 5.74) is 3.92. The predicted octanol–water partition coefficient (Wildman–Crippen LogP) is 2.21. The van der Waals surface area contributed by atoms with E-state index in [1.807, 2.05) is 0 Å². The van der Waals surface area contributed by atoms with E-state index in [1.165, 1.54) is 16.7 Å². The van der Waals surface area contributed by atoms with Crippen molar-refractivity contribution in [3.8, 4) is 17.2 Å². The third kappa shape index (κ3) is 6.35. The third-order valence-corrected chi connectivity index (χ3v) is 5.30. The molecule has 0 aliphatic carbocycles. The fourth-order valence-electron chi connectivity index (χ4n) is 3.59. The van der Waals surface area contributed by atoms with Gasteiger partial charge >= 0.3 is 11.9 Å². The molecule has 2 aliphatic heterocycles. The Morgan fingerprint density at radius 1 is 0.906 bits per heavy atom. The van der Waals surface area contributed by atoms with Crippen LogP contribution < -0.4 is 14.2 Å². The van der Waals surface area contributed by atoms with Gasteiger partial charge in [0.15, 0.2) is 11.5 Å². The Bertz CT molecular complexity index is 926. The molecule has 2 aliphatic rings. The molecular formula is C23H28N2O7. The highest BCUT2D eigenvalue weighted by molar-refractivity contribution is 6.27. The van der Waals surface area contributed by atoms with Crippen LogP contribution in [-0.2, 0) is 22.7 Å². The van der Waals surface area contributed by atoms with Crippen LogP contribution in [0.3, 0.4) is 0 Å². The molecule has 2 aromatic carbocycles. The number of hydrogen-bond acceptors (Lipinski definition) is 7. The van der Waals surface area contributed by atoms with Gasteiger partial charge in [0.25, 0.3) is 0 Å². The van der Waals surface area contributed by atoms with E-state index >= 15 is 0 Å². The number of piperazine rings is 1. The predicted molar refractivity (Wildman–Crippen MR) is 116 cm³/mol. The average molecular weight is 444 g/mol. The summed E-state index contributed by atoms with van der Waals surface area (Å²) in [6.45, 7) is 8.67. The van der Waals surface area contributed by atoms with Crippen LogP contribution >= 0.6 is 0 Å². The molecular weight excluding hydrogens is 416 g/mol. The van der Waals surface area contributed by atoms with Crippen LogP contribution in [0.25, 0.3) is 0 Å². The molecule has 4 rings (SSSR count). The number of nitrogens with zero attached hydrogens (tertiary/aromatic N) is 2. The molecule has 9 nitrogen and oxygen atoms in total. The maximum absolute atomic E-state index is 9.10. The molecule has 0 unspecified atom stereocenters. The average Bonchev–Trinajstić information content (AvgIpc) is 3.25. The summed E-state index contributed by atoms with van der Waals surface area (Å²) in [6, 6.07) is 13.0. The highest BCUT2D eigenvalue weighted by Gasteiger charge is 2.22. The van der Waals surface area contributed by atoms with Gasteiger partial charge in [0.1, 0.15) is 0 Å². The van der Waals surface area contributed by atoms with Crippen molar-refractivity contribution in [1.29, 1.82) is 0 Å². The van der Waals surface area contributed by atoms with Crippen molar-refractivity contribution >= 4 is 11.9 Å². The lowest BCUT2D eigenvalue weighted by Gasteiger charge is -2.34. The minimum absolute atomic E-state index is 0.271. The standard InChI is InChI=1S/C21H26N2O3.C2H2O4/c1-16-3-5-17(6-4-16)13-22-7-9-23(10-8-22)14-18-11-19(24-2)21-20(12-18)25-15-26-21;3-1(4)2(5)6/h3-6,11-12H,7-10,13-15H2,1-2H3;(H,3,4)(H,5,6). The van der Waals surface area contributed by atoms with E-state index in [2.05, 4.69) is 53.1 Å². The zero-order chi connectivity index (χ0) is 23.1. The van der Waals surface area contributed by atoms with E-state index in [0.29, 0.717) is 0 Å². The number of hydrogen-bond donors (Lipinski definition) is 2. The highest BCUT2D eigenvalue weighted by Crippen LogP contribution is 2.42. The number of ether oxygens (including phenoxy) is 3. The van der Waals surface area contributed by atoms with Crippen LogP contribution in [0.5, 0.6) is 17.2 Å². The first-order valence-corrected chi connectivity index (χ1v) is 10.3. The first-order valence-electron chi connectivity index (χ1n) is 10.3. The van der Waals surface area contributed by atoms with Crippen LogP contribution in [0, 0.1) is 6.92 Å². The van der Waals surface area contributed by atoms with Gasteiger partial charge in [-0.25, -0.2) is 9.59 Å². The molecule has 0 spiro atoms. The van der Waals surface area contributed by atoms with E-state index < -0.39 is 11.9 Å². The summed E-state index contributed by atoms with van der Waals surface area (Å²) in [4.78, 5) is 23.2. The summed E-state index contributed by atoms with van der Waals surface area (Å²) in [5, 5.41) is 14.8. The van der Waals surface area contributed by atoms with Gasteiger partial charge in [-0.05, 0) is 30.2 Å². The van der Waals surface area contributed by atoms with E-state index in [1.54, 1.807) is 7.11 Å². The summed E-state index contributed by atoms with van der Waals surface area (Å²) >= 11 is 0.